The number of methoxy groups -OCH3 is 1. The summed E-state index contributed by atoms with van der Waals surface area (Å²) in [5, 5.41) is 13.4. The average Bonchev–Trinajstić information content (AvgIpc) is 3.36. The zero-order valence-corrected chi connectivity index (χ0v) is 22.6. The van der Waals surface area contributed by atoms with Gasteiger partial charge in [-0.2, -0.15) is 4.39 Å². The fourth-order valence-electron chi connectivity index (χ4n) is 5.43. The molecule has 0 bridgehead atoms. The van der Waals surface area contributed by atoms with E-state index in [1.165, 1.54) is 18.7 Å². The van der Waals surface area contributed by atoms with Gasteiger partial charge in [-0.05, 0) is 67.7 Å². The summed E-state index contributed by atoms with van der Waals surface area (Å²) < 4.78 is 40.5. The largest absolute Gasteiger partial charge is 0.493 e. The van der Waals surface area contributed by atoms with Gasteiger partial charge in [0, 0.05) is 37.5 Å². The molecule has 1 aromatic heterocycles. The van der Waals surface area contributed by atoms with Crippen LogP contribution in [0.25, 0.3) is 0 Å². The summed E-state index contributed by atoms with van der Waals surface area (Å²) in [6.45, 7) is 5.96. The van der Waals surface area contributed by atoms with Gasteiger partial charge >= 0.3 is 5.97 Å². The van der Waals surface area contributed by atoms with Crippen LogP contribution in [-0.4, -0.2) is 60.4 Å². The second kappa shape index (κ2) is 12.8. The number of unbranched alkanes of at least 4 members (excludes halogenated alkanes) is 2. The van der Waals surface area contributed by atoms with Gasteiger partial charge in [-0.3, -0.25) is 9.69 Å². The molecule has 2 N–H and O–H groups in total. The van der Waals surface area contributed by atoms with Gasteiger partial charge in [-0.1, -0.05) is 26.3 Å². The first-order valence-electron chi connectivity index (χ1n) is 13.7. The highest BCUT2D eigenvalue weighted by Crippen LogP contribution is 2.38. The molecular weight excluding hydrogens is 492 g/mol. The maximum atomic E-state index is 14.8. The second-order valence-corrected chi connectivity index (χ2v) is 10.5. The number of rotatable bonds is 12. The zero-order valence-electron chi connectivity index (χ0n) is 22.6. The van der Waals surface area contributed by atoms with E-state index in [0.717, 1.165) is 56.6 Å². The maximum absolute atomic E-state index is 14.8. The van der Waals surface area contributed by atoms with E-state index in [-0.39, 0.29) is 28.9 Å². The highest BCUT2D eigenvalue weighted by atomic mass is 19.2. The number of aryl methyl sites for hydroxylation is 2. The minimum atomic E-state index is -1.15. The van der Waals surface area contributed by atoms with Crippen LogP contribution in [0.2, 0.25) is 0 Å². The van der Waals surface area contributed by atoms with Crippen molar-refractivity contribution >= 4 is 11.8 Å². The molecule has 2 aromatic rings. The number of carboxylic acids is 1. The van der Waals surface area contributed by atoms with E-state index in [1.807, 2.05) is 0 Å². The molecule has 3 heterocycles. The Labute approximate surface area is 223 Å². The topological polar surface area (TPSA) is 83.9 Å². The monoisotopic (exact) mass is 531 g/mol. The van der Waals surface area contributed by atoms with E-state index in [9.17, 15) is 18.7 Å². The molecule has 0 aliphatic carbocycles. The van der Waals surface area contributed by atoms with Crippen LogP contribution in [0.5, 0.6) is 5.75 Å². The molecule has 38 heavy (non-hydrogen) atoms. The number of nitrogens with one attached hydrogen (secondary N) is 1. The van der Waals surface area contributed by atoms with Crippen molar-refractivity contribution in [2.24, 2.45) is 0 Å². The van der Waals surface area contributed by atoms with E-state index >= 15 is 0 Å². The molecule has 1 aromatic carbocycles. The van der Waals surface area contributed by atoms with Crippen LogP contribution in [0.1, 0.15) is 80.3 Å². The van der Waals surface area contributed by atoms with Gasteiger partial charge in [0.25, 0.3) is 0 Å². The van der Waals surface area contributed by atoms with Crippen LogP contribution in [0.4, 0.5) is 14.6 Å². The van der Waals surface area contributed by atoms with Crippen molar-refractivity contribution in [2.45, 2.75) is 76.9 Å². The van der Waals surface area contributed by atoms with Gasteiger partial charge in [-0.25, -0.2) is 9.37 Å². The fraction of sp³-hybridized carbons (Fsp3) is 0.586. The van der Waals surface area contributed by atoms with E-state index in [1.54, 1.807) is 18.7 Å². The molecule has 0 unspecified atom stereocenters. The molecule has 0 saturated carbocycles. The highest BCUT2D eigenvalue weighted by Gasteiger charge is 2.37. The summed E-state index contributed by atoms with van der Waals surface area (Å²) >= 11 is 0. The third-order valence-electron chi connectivity index (χ3n) is 7.50. The average molecular weight is 532 g/mol. The lowest BCUT2D eigenvalue weighted by Gasteiger charge is -2.27. The molecule has 9 heteroatoms. The molecule has 7 nitrogen and oxygen atoms in total. The van der Waals surface area contributed by atoms with Gasteiger partial charge in [0.1, 0.15) is 11.9 Å². The van der Waals surface area contributed by atoms with Crippen LogP contribution in [-0.2, 0) is 22.4 Å². The second-order valence-electron chi connectivity index (χ2n) is 10.5. The third-order valence-corrected chi connectivity index (χ3v) is 7.50. The zero-order chi connectivity index (χ0) is 27.2. The lowest BCUT2D eigenvalue weighted by Crippen LogP contribution is -2.34. The van der Waals surface area contributed by atoms with E-state index in [0.29, 0.717) is 26.1 Å². The Hall–Kier alpha value is -2.78. The molecule has 208 valence electrons. The number of likely N-dealkylation sites (tertiary alicyclic amines) is 1. The van der Waals surface area contributed by atoms with Crippen molar-refractivity contribution in [1.29, 1.82) is 0 Å². The van der Waals surface area contributed by atoms with E-state index < -0.39 is 23.6 Å². The summed E-state index contributed by atoms with van der Waals surface area (Å²) in [5.41, 5.74) is 2.68. The number of nitrogens with zero attached hydrogens (tertiary/aromatic N) is 2. The van der Waals surface area contributed by atoms with Crippen molar-refractivity contribution in [3.63, 3.8) is 0 Å². The smallest absolute Gasteiger partial charge is 0.325 e. The van der Waals surface area contributed by atoms with Crippen molar-refractivity contribution in [1.82, 2.24) is 9.88 Å². The standard InChI is InChI=1S/C29H39F2N3O4/c1-18(2)22-16-23(27(37-3)25(31)24(22)30)26(29(35)36)34-14-12-21(17-34)38-15-6-4-5-9-20-11-10-19-8-7-13-32-28(19)33-20/h10-11,16,18,21,26H,4-9,12-15,17H2,1-3H3,(H,32,33)(H,35,36)/t21-,26+/m1/s1. The molecule has 1 fully saturated rings. The van der Waals surface area contributed by atoms with Crippen LogP contribution < -0.4 is 10.1 Å². The number of aliphatic carboxylic acids is 1. The normalized spacial score (nSPS) is 18.3. The number of pyridine rings is 1. The highest BCUT2D eigenvalue weighted by molar-refractivity contribution is 5.77. The predicted octanol–water partition coefficient (Wildman–Crippen LogP) is 5.48. The number of halogens is 2. The maximum Gasteiger partial charge on any atom is 0.325 e. The number of fused-ring (bicyclic) bond motifs is 1. The molecule has 2 aliphatic rings. The summed E-state index contributed by atoms with van der Waals surface area (Å²) in [7, 11) is 1.23. The van der Waals surface area contributed by atoms with Gasteiger partial charge in [0.2, 0.25) is 5.82 Å². The lowest BCUT2D eigenvalue weighted by molar-refractivity contribution is -0.143. The van der Waals surface area contributed by atoms with Crippen LogP contribution in [0.3, 0.4) is 0 Å². The predicted molar refractivity (Wildman–Crippen MR) is 142 cm³/mol. The fourth-order valence-corrected chi connectivity index (χ4v) is 5.43. The van der Waals surface area contributed by atoms with Crippen LogP contribution in [0, 0.1) is 11.6 Å². The Bertz CT molecular complexity index is 1130. The molecule has 2 aliphatic heterocycles. The summed E-state index contributed by atoms with van der Waals surface area (Å²) in [5.74, 6) is -2.90. The third kappa shape index (κ3) is 6.43. The summed E-state index contributed by atoms with van der Waals surface area (Å²) in [6.07, 6.45) is 6.71. The Morgan fingerprint density at radius 1 is 1.21 bits per heavy atom. The Balaban J connectivity index is 1.28. The Morgan fingerprint density at radius 2 is 2.03 bits per heavy atom. The van der Waals surface area contributed by atoms with Gasteiger partial charge < -0.3 is 19.9 Å². The van der Waals surface area contributed by atoms with Crippen molar-refractivity contribution in [3.8, 4) is 5.75 Å². The van der Waals surface area contributed by atoms with Crippen LogP contribution >= 0.6 is 0 Å². The molecule has 2 atom stereocenters. The van der Waals surface area contributed by atoms with Crippen molar-refractivity contribution in [3.05, 3.63) is 52.2 Å². The van der Waals surface area contributed by atoms with E-state index in [4.69, 9.17) is 14.5 Å². The number of hydrogen-bond acceptors (Lipinski definition) is 6. The number of carboxylic acid groups (broad SMARTS) is 1. The van der Waals surface area contributed by atoms with Gasteiger partial charge in [0.05, 0.1) is 13.2 Å². The number of aromatic nitrogens is 1. The number of hydrogen-bond donors (Lipinski definition) is 2. The minimum absolute atomic E-state index is 0.105. The quantitative estimate of drug-likeness (QED) is 0.351. The lowest BCUT2D eigenvalue weighted by atomic mass is 9.95. The Kier molecular flexibility index (Phi) is 9.54. The first-order valence-corrected chi connectivity index (χ1v) is 13.7. The van der Waals surface area contributed by atoms with Crippen molar-refractivity contribution in [2.75, 3.05) is 38.7 Å². The molecule has 4 rings (SSSR count). The summed E-state index contributed by atoms with van der Waals surface area (Å²) in [6, 6.07) is 4.59. The molecule has 0 amide bonds. The Morgan fingerprint density at radius 3 is 2.76 bits per heavy atom. The van der Waals surface area contributed by atoms with Crippen LogP contribution in [0.15, 0.2) is 18.2 Å². The van der Waals surface area contributed by atoms with Gasteiger partial charge in [-0.15, -0.1) is 0 Å². The van der Waals surface area contributed by atoms with Gasteiger partial charge in [0.15, 0.2) is 11.6 Å². The number of ether oxygens (including phenoxy) is 2. The first-order chi connectivity index (χ1) is 18.3. The van der Waals surface area contributed by atoms with E-state index in [2.05, 4.69) is 17.4 Å². The molecule has 0 radical (unpaired) electrons. The SMILES string of the molecule is COc1c([C@@H](C(=O)O)N2CC[C@@H](OCCCCCc3ccc4c(n3)NCCC4)C2)cc(C(C)C)c(F)c1F. The minimum Gasteiger partial charge on any atom is -0.493 e. The van der Waals surface area contributed by atoms with Crippen molar-refractivity contribution < 1.29 is 28.2 Å². The molecule has 1 saturated heterocycles. The molecule has 0 spiro atoms. The number of anilines is 1. The first kappa shape index (κ1) is 28.2. The number of carbonyl (C=O) groups is 1. The number of benzene rings is 1. The summed E-state index contributed by atoms with van der Waals surface area (Å²) in [4.78, 5) is 18.8. The molecular formula is C29H39F2N3O4.